The molecule has 29 nitrogen and oxygen atoms in total. The fourth-order valence-electron chi connectivity index (χ4n) is 8.72. The lowest BCUT2D eigenvalue weighted by molar-refractivity contribution is -0.146. The minimum Gasteiger partial charge on any atom is -0.508 e. The topological polar surface area (TPSA) is 495 Å². The summed E-state index contributed by atoms with van der Waals surface area (Å²) in [6.45, 7) is 3.26. The summed E-state index contributed by atoms with van der Waals surface area (Å²) in [6, 6.07) is 1.65. The number of phenolic OH excluding ortho intramolecular Hbond substituents is 3. The van der Waals surface area contributed by atoms with Crippen LogP contribution in [0.2, 0.25) is 0 Å². The van der Waals surface area contributed by atoms with Crippen molar-refractivity contribution in [3.63, 3.8) is 0 Å². The number of hydrogen-bond acceptors (Lipinski definition) is 18. The molecule has 3 aromatic carbocycles. The van der Waals surface area contributed by atoms with Crippen LogP contribution in [0.1, 0.15) is 76.0 Å². The molecule has 0 aliphatic carbocycles. The van der Waals surface area contributed by atoms with Crippen molar-refractivity contribution in [3.8, 4) is 17.2 Å². The molecule has 0 unspecified atom stereocenters. The maximum Gasteiger partial charge on any atom is 0.328 e. The molecule has 1 aliphatic rings. The molecule has 3 aromatic rings. The second-order valence-electron chi connectivity index (χ2n) is 20.2. The van der Waals surface area contributed by atoms with Gasteiger partial charge in [-0.15, -0.1) is 0 Å². The number of primary amides is 2. The van der Waals surface area contributed by atoms with E-state index in [-0.39, 0.29) is 75.2 Å². The third kappa shape index (κ3) is 20.8. The molecule has 0 aromatic heterocycles. The van der Waals surface area contributed by atoms with Crippen LogP contribution in [0, 0.1) is 0 Å². The molecule has 452 valence electrons. The van der Waals surface area contributed by atoms with Crippen molar-refractivity contribution in [1.29, 1.82) is 0 Å². The Morgan fingerprint density at radius 3 is 1.27 bits per heavy atom. The van der Waals surface area contributed by atoms with Crippen LogP contribution in [0.25, 0.3) is 0 Å². The minimum atomic E-state index is -1.94. The Balaban J connectivity index is 1.61. The van der Waals surface area contributed by atoms with Gasteiger partial charge in [0.15, 0.2) is 6.04 Å². The molecule has 1 fully saturated rings. The standard InChI is InChI=1S/C54H73N11O18/c1-26(66)43(52(80)63-44(27(2)67)53(81)65-22-4-5-40(65)51(79)61-39(25-31-10-16-34(71)17-11-31)50(78)64-45(28(3)68)54(82)83)62-49(77)38(24-30-8-14-33(70)15-9-30)60-48(76)37(23-29-6-12-32(69)13-7-29)59-47(75)36(19-21-42(57)73)58-46(74)35(55)18-20-41(56)72/h6-17,26-28,35-40,43-45,66-71H,4-5,18-25,55H2,1-3H3,(H2,56,72)(H2,57,73)(H,58,74)(H,59,75)(H,60,76)(H,61,79)(H,62,77)(H,63,80)(H,64,78)(H,82,83)/t26-,27-,28-,35+,36+,37+,38+,39+,40+,43+,44+,45+/m1/s1. The Bertz CT molecular complexity index is 2780. The van der Waals surface area contributed by atoms with E-state index in [4.69, 9.17) is 17.2 Å². The summed E-state index contributed by atoms with van der Waals surface area (Å²) in [6.07, 6.45) is -7.07. The number of carbonyl (C=O) groups is 11. The van der Waals surface area contributed by atoms with Crippen molar-refractivity contribution >= 4 is 65.0 Å². The van der Waals surface area contributed by atoms with Gasteiger partial charge in [0, 0.05) is 38.6 Å². The van der Waals surface area contributed by atoms with Gasteiger partial charge in [-0.2, -0.15) is 0 Å². The number of carboxylic acid groups (broad SMARTS) is 1. The maximum atomic E-state index is 14.5. The minimum absolute atomic E-state index is 0.0117. The Morgan fingerprint density at radius 1 is 0.494 bits per heavy atom. The van der Waals surface area contributed by atoms with Crippen molar-refractivity contribution < 1.29 is 88.5 Å². The second kappa shape index (κ2) is 31.3. The zero-order valence-electron chi connectivity index (χ0n) is 45.7. The van der Waals surface area contributed by atoms with Crippen molar-refractivity contribution in [3.05, 3.63) is 89.5 Å². The van der Waals surface area contributed by atoms with E-state index in [1.165, 1.54) is 72.8 Å². The van der Waals surface area contributed by atoms with E-state index in [2.05, 4.69) is 37.2 Å². The number of aliphatic carboxylic acids is 1. The van der Waals surface area contributed by atoms with Crippen molar-refractivity contribution in [2.75, 3.05) is 6.54 Å². The van der Waals surface area contributed by atoms with E-state index in [0.29, 0.717) is 16.7 Å². The van der Waals surface area contributed by atoms with Gasteiger partial charge in [0.05, 0.1) is 24.4 Å². The second-order valence-corrected chi connectivity index (χ2v) is 20.2. The van der Waals surface area contributed by atoms with Gasteiger partial charge in [-0.1, -0.05) is 36.4 Å². The van der Waals surface area contributed by atoms with Crippen LogP contribution in [-0.4, -0.2) is 185 Å². The summed E-state index contributed by atoms with van der Waals surface area (Å²) in [7, 11) is 0. The molecule has 29 heteroatoms. The van der Waals surface area contributed by atoms with Crippen LogP contribution < -0.4 is 54.4 Å². The van der Waals surface area contributed by atoms with Gasteiger partial charge in [0.2, 0.25) is 59.1 Å². The van der Waals surface area contributed by atoms with E-state index in [0.717, 1.165) is 25.7 Å². The van der Waals surface area contributed by atoms with Crippen molar-refractivity contribution in [2.24, 2.45) is 17.2 Å². The number of carbonyl (C=O) groups excluding carboxylic acids is 10. The van der Waals surface area contributed by atoms with Crippen LogP contribution in [0.4, 0.5) is 0 Å². The maximum absolute atomic E-state index is 14.5. The summed E-state index contributed by atoms with van der Waals surface area (Å²) < 4.78 is 0. The van der Waals surface area contributed by atoms with Gasteiger partial charge in [-0.25, -0.2) is 4.79 Å². The molecule has 1 saturated heterocycles. The Hall–Kier alpha value is -8.93. The summed E-state index contributed by atoms with van der Waals surface area (Å²) in [5.41, 5.74) is 17.5. The number of hydrogen-bond donors (Lipinski definition) is 17. The molecule has 0 radical (unpaired) electrons. The number of benzene rings is 3. The number of aliphatic hydroxyl groups excluding tert-OH is 3. The number of phenols is 3. The van der Waals surface area contributed by atoms with Gasteiger partial charge < -0.3 is 95.1 Å². The lowest BCUT2D eigenvalue weighted by atomic mass is 10.0. The fraction of sp³-hybridized carbons (Fsp3) is 0.463. The average Bonchev–Trinajstić information content (AvgIpc) is 4.21. The lowest BCUT2D eigenvalue weighted by Gasteiger charge is -2.32. The van der Waals surface area contributed by atoms with Gasteiger partial charge in [0.1, 0.15) is 59.5 Å². The summed E-state index contributed by atoms with van der Waals surface area (Å²) in [5.74, 6) is -11.9. The first-order valence-electron chi connectivity index (χ1n) is 26.4. The highest BCUT2D eigenvalue weighted by Gasteiger charge is 2.42. The van der Waals surface area contributed by atoms with Gasteiger partial charge in [-0.05, 0) is 99.5 Å². The van der Waals surface area contributed by atoms with Gasteiger partial charge >= 0.3 is 5.97 Å². The molecule has 20 N–H and O–H groups in total. The van der Waals surface area contributed by atoms with E-state index < -0.39 is 144 Å². The molecule has 0 spiro atoms. The molecule has 4 rings (SSSR count). The van der Waals surface area contributed by atoms with Crippen LogP contribution >= 0.6 is 0 Å². The largest absolute Gasteiger partial charge is 0.508 e. The lowest BCUT2D eigenvalue weighted by Crippen LogP contribution is -2.63. The number of nitrogens with one attached hydrogen (secondary N) is 7. The number of nitrogens with zero attached hydrogens (tertiary/aromatic N) is 1. The molecule has 83 heavy (non-hydrogen) atoms. The number of likely N-dealkylation sites (tertiary alicyclic amines) is 1. The van der Waals surface area contributed by atoms with Crippen LogP contribution in [0.15, 0.2) is 72.8 Å². The number of aliphatic hydroxyl groups is 3. The fourth-order valence-corrected chi connectivity index (χ4v) is 8.72. The summed E-state index contributed by atoms with van der Waals surface area (Å²) in [5, 5.41) is 88.2. The predicted molar refractivity (Wildman–Crippen MR) is 291 cm³/mol. The number of carboxylic acids is 1. The van der Waals surface area contributed by atoms with Crippen LogP contribution in [0.5, 0.6) is 17.2 Å². The van der Waals surface area contributed by atoms with E-state index in [9.17, 15) is 88.5 Å². The van der Waals surface area contributed by atoms with Crippen molar-refractivity contribution in [1.82, 2.24) is 42.1 Å². The van der Waals surface area contributed by atoms with E-state index >= 15 is 0 Å². The number of nitrogens with two attached hydrogens (primary N) is 3. The van der Waals surface area contributed by atoms with Gasteiger partial charge in [-0.3, -0.25) is 47.9 Å². The first-order valence-corrected chi connectivity index (χ1v) is 26.4. The molecule has 1 heterocycles. The highest BCUT2D eigenvalue weighted by atomic mass is 16.4. The third-order valence-corrected chi connectivity index (χ3v) is 13.4. The summed E-state index contributed by atoms with van der Waals surface area (Å²) in [4.78, 5) is 148. The van der Waals surface area contributed by atoms with E-state index in [1.807, 2.05) is 0 Å². The SMILES string of the molecule is C[C@@H](O)[C@H](NC(=O)[C@H](Cc1ccc(O)cc1)NC(=O)[C@@H]1CCCN1C(=O)[C@@H](NC(=O)[C@@H](NC(=O)[C@H](Cc1ccc(O)cc1)NC(=O)[C@H](Cc1ccc(O)cc1)NC(=O)[C@H](CCC(N)=O)NC(=O)[C@@H](N)CCC(N)=O)[C@@H](C)O)[C@@H](C)O)C(=O)O. The Labute approximate surface area is 476 Å². The highest BCUT2D eigenvalue weighted by molar-refractivity contribution is 5.99. The average molecular weight is 1160 g/mol. The number of aromatic hydroxyl groups is 3. The Morgan fingerprint density at radius 2 is 0.855 bits per heavy atom. The quantitative estimate of drug-likeness (QED) is 0.0288. The molecule has 0 bridgehead atoms. The monoisotopic (exact) mass is 1160 g/mol. The zero-order chi connectivity index (χ0) is 61.8. The molecular weight excluding hydrogens is 1090 g/mol. The van der Waals surface area contributed by atoms with Crippen molar-refractivity contribution in [2.45, 2.75) is 151 Å². The number of amides is 10. The molecule has 12 atom stereocenters. The highest BCUT2D eigenvalue weighted by Crippen LogP contribution is 2.22. The third-order valence-electron chi connectivity index (χ3n) is 13.4. The van der Waals surface area contributed by atoms with Crippen LogP contribution in [0.3, 0.4) is 0 Å². The smallest absolute Gasteiger partial charge is 0.328 e. The molecule has 10 amide bonds. The number of rotatable bonds is 31. The summed E-state index contributed by atoms with van der Waals surface area (Å²) >= 11 is 0. The normalized spacial score (nSPS) is 17.0. The molecule has 0 saturated carbocycles. The van der Waals surface area contributed by atoms with Crippen LogP contribution in [-0.2, 0) is 72.0 Å². The van der Waals surface area contributed by atoms with Gasteiger partial charge in [0.25, 0.3) is 0 Å². The predicted octanol–water partition coefficient (Wildman–Crippen LogP) is -4.70. The first kappa shape index (κ1) is 66.6. The zero-order valence-corrected chi connectivity index (χ0v) is 45.7. The first-order chi connectivity index (χ1) is 39.0. The Kier molecular flexibility index (Phi) is 25.1. The molecular formula is C54H73N11O18. The molecule has 1 aliphatic heterocycles. The van der Waals surface area contributed by atoms with E-state index in [1.54, 1.807) is 0 Å².